The molecule has 0 spiro atoms. The molecular formula is C11H14N2O3. The van der Waals surface area contributed by atoms with Crippen molar-refractivity contribution in [3.05, 3.63) is 30.2 Å². The van der Waals surface area contributed by atoms with Crippen LogP contribution in [0.1, 0.15) is 23.9 Å². The van der Waals surface area contributed by atoms with E-state index in [0.29, 0.717) is 11.1 Å². The third-order valence-electron chi connectivity index (χ3n) is 1.79. The molecule has 0 aliphatic carbocycles. The first-order valence-electron chi connectivity index (χ1n) is 4.97. The van der Waals surface area contributed by atoms with Crippen molar-refractivity contribution < 1.29 is 14.3 Å². The predicted molar refractivity (Wildman–Crippen MR) is 60.3 cm³/mol. The topological polar surface area (TPSA) is 89.4 Å². The molecule has 0 saturated carbocycles. The molecule has 2 aromatic rings. The maximum atomic E-state index is 10.4. The van der Waals surface area contributed by atoms with E-state index in [1.165, 1.54) is 6.07 Å². The van der Waals surface area contributed by atoms with E-state index in [2.05, 4.69) is 11.9 Å². The average molecular weight is 222 g/mol. The number of carboxylic acids is 1. The highest BCUT2D eigenvalue weighted by molar-refractivity contribution is 5.90. The lowest BCUT2D eigenvalue weighted by molar-refractivity contribution is 0.0664. The standard InChI is InChI=1S/C8H5NO3.C3H9N/c10-8(11)6-4-5-2-1-3-9-7(5)12-6;1-2-3-4/h1-4H,(H,10,11);2-4H2,1H3. The number of aromatic nitrogens is 1. The molecule has 2 rings (SSSR count). The zero-order valence-corrected chi connectivity index (χ0v) is 9.01. The van der Waals surface area contributed by atoms with Crippen molar-refractivity contribution in [1.82, 2.24) is 4.98 Å². The summed E-state index contributed by atoms with van der Waals surface area (Å²) in [5, 5.41) is 9.27. The Labute approximate surface area is 92.9 Å². The van der Waals surface area contributed by atoms with Gasteiger partial charge in [-0.3, -0.25) is 0 Å². The van der Waals surface area contributed by atoms with Crippen molar-refractivity contribution >= 4 is 17.1 Å². The van der Waals surface area contributed by atoms with Crippen LogP contribution in [0.25, 0.3) is 11.1 Å². The van der Waals surface area contributed by atoms with Gasteiger partial charge < -0.3 is 15.3 Å². The van der Waals surface area contributed by atoms with Gasteiger partial charge in [0.1, 0.15) is 0 Å². The van der Waals surface area contributed by atoms with Crippen LogP contribution in [0.3, 0.4) is 0 Å². The number of hydrogen-bond donors (Lipinski definition) is 2. The summed E-state index contributed by atoms with van der Waals surface area (Å²) in [4.78, 5) is 14.3. The molecule has 0 radical (unpaired) electrons. The van der Waals surface area contributed by atoms with Gasteiger partial charge in [-0.25, -0.2) is 9.78 Å². The van der Waals surface area contributed by atoms with Crippen molar-refractivity contribution in [1.29, 1.82) is 0 Å². The number of nitrogens with two attached hydrogens (primary N) is 1. The first kappa shape index (κ1) is 12.2. The van der Waals surface area contributed by atoms with Gasteiger partial charge in [0.25, 0.3) is 0 Å². The van der Waals surface area contributed by atoms with Gasteiger partial charge >= 0.3 is 5.97 Å². The lowest BCUT2D eigenvalue weighted by Crippen LogP contribution is -1.93. The van der Waals surface area contributed by atoms with Crippen LogP contribution in [0.5, 0.6) is 0 Å². The van der Waals surface area contributed by atoms with E-state index in [-0.39, 0.29) is 5.76 Å². The quantitative estimate of drug-likeness (QED) is 0.809. The average Bonchev–Trinajstić information content (AvgIpc) is 2.73. The maximum Gasteiger partial charge on any atom is 0.371 e. The molecule has 0 unspecified atom stereocenters. The van der Waals surface area contributed by atoms with Crippen molar-refractivity contribution in [2.45, 2.75) is 13.3 Å². The Morgan fingerprint density at radius 2 is 2.31 bits per heavy atom. The predicted octanol–water partition coefficient (Wildman–Crippen LogP) is 1.88. The first-order valence-corrected chi connectivity index (χ1v) is 4.97. The Kier molecular flexibility index (Phi) is 4.47. The Hall–Kier alpha value is -1.88. The van der Waals surface area contributed by atoms with Crippen LogP contribution in [0.2, 0.25) is 0 Å². The SMILES string of the molecule is CCCN.O=C(O)c1cc2cccnc2o1. The molecule has 0 aliphatic heterocycles. The Balaban J connectivity index is 0.000000280. The zero-order chi connectivity index (χ0) is 12.0. The van der Waals surface area contributed by atoms with Crippen LogP contribution in [-0.4, -0.2) is 22.6 Å². The first-order chi connectivity index (χ1) is 7.69. The van der Waals surface area contributed by atoms with Crippen LogP contribution in [0.4, 0.5) is 0 Å². The fraction of sp³-hybridized carbons (Fsp3) is 0.273. The summed E-state index contributed by atoms with van der Waals surface area (Å²) >= 11 is 0. The lowest BCUT2D eigenvalue weighted by atomic mass is 10.3. The highest BCUT2D eigenvalue weighted by Gasteiger charge is 2.09. The monoisotopic (exact) mass is 222 g/mol. The van der Waals surface area contributed by atoms with Gasteiger partial charge in [-0.2, -0.15) is 0 Å². The molecule has 3 N–H and O–H groups in total. The van der Waals surface area contributed by atoms with Crippen molar-refractivity contribution in [3.63, 3.8) is 0 Å². The van der Waals surface area contributed by atoms with Crippen LogP contribution in [0, 0.1) is 0 Å². The molecule has 2 aromatic heterocycles. The number of nitrogens with zero attached hydrogens (tertiary/aromatic N) is 1. The van der Waals surface area contributed by atoms with Crippen LogP contribution in [0.15, 0.2) is 28.8 Å². The molecule has 0 amide bonds. The summed E-state index contributed by atoms with van der Waals surface area (Å²) in [7, 11) is 0. The van der Waals surface area contributed by atoms with Gasteiger partial charge in [-0.15, -0.1) is 0 Å². The molecule has 0 atom stereocenters. The normalized spacial score (nSPS) is 9.62. The van der Waals surface area contributed by atoms with E-state index >= 15 is 0 Å². The van der Waals surface area contributed by atoms with Gasteiger partial charge in [0.05, 0.1) is 0 Å². The number of furan rings is 1. The maximum absolute atomic E-state index is 10.4. The molecular weight excluding hydrogens is 208 g/mol. The van der Waals surface area contributed by atoms with Gasteiger partial charge in [0, 0.05) is 17.6 Å². The minimum absolute atomic E-state index is 0.0799. The van der Waals surface area contributed by atoms with Crippen molar-refractivity contribution in [2.75, 3.05) is 6.54 Å². The van der Waals surface area contributed by atoms with Crippen molar-refractivity contribution in [3.8, 4) is 0 Å². The third-order valence-corrected chi connectivity index (χ3v) is 1.79. The summed E-state index contributed by atoms with van der Waals surface area (Å²) < 4.78 is 4.92. The molecule has 16 heavy (non-hydrogen) atoms. The zero-order valence-electron chi connectivity index (χ0n) is 9.01. The Morgan fingerprint density at radius 1 is 1.62 bits per heavy atom. The largest absolute Gasteiger partial charge is 0.475 e. The molecule has 86 valence electrons. The van der Waals surface area contributed by atoms with E-state index in [1.54, 1.807) is 18.3 Å². The molecule has 5 heteroatoms. The number of aromatic carboxylic acids is 1. The van der Waals surface area contributed by atoms with Crippen LogP contribution < -0.4 is 5.73 Å². The number of carboxylic acid groups (broad SMARTS) is 1. The fourth-order valence-electron chi connectivity index (χ4n) is 0.979. The van der Waals surface area contributed by atoms with E-state index in [0.717, 1.165) is 13.0 Å². The minimum atomic E-state index is -1.08. The molecule has 0 fully saturated rings. The Morgan fingerprint density at radius 3 is 2.81 bits per heavy atom. The van der Waals surface area contributed by atoms with E-state index in [9.17, 15) is 4.79 Å². The smallest absolute Gasteiger partial charge is 0.371 e. The van der Waals surface area contributed by atoms with Crippen LogP contribution in [-0.2, 0) is 0 Å². The number of rotatable bonds is 2. The molecule has 0 aromatic carbocycles. The van der Waals surface area contributed by atoms with Gasteiger partial charge in [-0.05, 0) is 25.1 Å². The Bertz CT molecular complexity index is 430. The molecule has 2 heterocycles. The number of hydrogen-bond acceptors (Lipinski definition) is 4. The van der Waals surface area contributed by atoms with Gasteiger partial charge in [-0.1, -0.05) is 6.92 Å². The summed E-state index contributed by atoms with van der Waals surface area (Å²) in [6.07, 6.45) is 2.65. The third kappa shape index (κ3) is 3.06. The minimum Gasteiger partial charge on any atom is -0.475 e. The van der Waals surface area contributed by atoms with E-state index in [4.69, 9.17) is 15.3 Å². The summed E-state index contributed by atoms with van der Waals surface area (Å²) in [6.45, 7) is 2.88. The second kappa shape index (κ2) is 5.87. The number of carbonyl (C=O) groups is 1. The second-order valence-corrected chi connectivity index (χ2v) is 3.10. The summed E-state index contributed by atoms with van der Waals surface area (Å²) in [5.74, 6) is -1.16. The molecule has 0 bridgehead atoms. The highest BCUT2D eigenvalue weighted by Crippen LogP contribution is 2.15. The lowest BCUT2D eigenvalue weighted by Gasteiger charge is -1.82. The molecule has 5 nitrogen and oxygen atoms in total. The highest BCUT2D eigenvalue weighted by atomic mass is 16.4. The number of fused-ring (bicyclic) bond motifs is 1. The summed E-state index contributed by atoms with van der Waals surface area (Å²) in [6, 6.07) is 4.92. The van der Waals surface area contributed by atoms with E-state index < -0.39 is 5.97 Å². The second-order valence-electron chi connectivity index (χ2n) is 3.10. The fourth-order valence-corrected chi connectivity index (χ4v) is 0.979. The van der Waals surface area contributed by atoms with Crippen molar-refractivity contribution in [2.24, 2.45) is 5.73 Å². The van der Waals surface area contributed by atoms with Gasteiger partial charge in [0.15, 0.2) is 0 Å². The summed E-state index contributed by atoms with van der Waals surface area (Å²) in [5.41, 5.74) is 5.38. The molecule has 0 saturated heterocycles. The van der Waals surface area contributed by atoms with Gasteiger partial charge in [0.2, 0.25) is 11.5 Å². The molecule has 0 aliphatic rings. The van der Waals surface area contributed by atoms with Crippen LogP contribution >= 0.6 is 0 Å². The number of pyridine rings is 1. The van der Waals surface area contributed by atoms with E-state index in [1.807, 2.05) is 0 Å².